The van der Waals surface area contributed by atoms with Gasteiger partial charge in [0.15, 0.2) is 0 Å². The smallest absolute Gasteiger partial charge is 0.261 e. The summed E-state index contributed by atoms with van der Waals surface area (Å²) < 4.78 is 27.9. The second-order valence-electron chi connectivity index (χ2n) is 4.36. The summed E-state index contributed by atoms with van der Waals surface area (Å²) in [6.45, 7) is 1.63. The van der Waals surface area contributed by atoms with Gasteiger partial charge in [0.05, 0.1) is 11.5 Å². The number of aliphatic hydroxyl groups excluding tert-OH is 1. The SMILES string of the molecule is Cc1ccc(S(=O)(=O)Nc2cccc(Br)c2)cc1CO. The fourth-order valence-electron chi connectivity index (χ4n) is 1.75. The standard InChI is InChI=1S/C14H14BrNO3S/c1-10-5-6-14(7-11(10)9-17)20(18,19)16-13-4-2-3-12(15)8-13/h2-8,16-17H,9H2,1H3. The number of aryl methyl sites for hydroxylation is 1. The van der Waals surface area contributed by atoms with E-state index in [4.69, 9.17) is 0 Å². The number of halogens is 1. The van der Waals surface area contributed by atoms with Crippen LogP contribution in [0.1, 0.15) is 11.1 Å². The molecule has 0 fully saturated rings. The van der Waals surface area contributed by atoms with Crippen LogP contribution in [0.4, 0.5) is 5.69 Å². The Morgan fingerprint density at radius 1 is 1.20 bits per heavy atom. The number of benzene rings is 2. The molecule has 0 aliphatic heterocycles. The van der Waals surface area contributed by atoms with Crippen molar-refractivity contribution < 1.29 is 13.5 Å². The summed E-state index contributed by atoms with van der Waals surface area (Å²) in [6, 6.07) is 11.6. The van der Waals surface area contributed by atoms with Crippen molar-refractivity contribution >= 4 is 31.6 Å². The lowest BCUT2D eigenvalue weighted by Crippen LogP contribution is -2.13. The minimum absolute atomic E-state index is 0.132. The Morgan fingerprint density at radius 2 is 1.95 bits per heavy atom. The van der Waals surface area contributed by atoms with Gasteiger partial charge in [-0.2, -0.15) is 0 Å². The van der Waals surface area contributed by atoms with E-state index in [9.17, 15) is 13.5 Å². The number of nitrogens with one attached hydrogen (secondary N) is 1. The van der Waals surface area contributed by atoms with E-state index >= 15 is 0 Å². The van der Waals surface area contributed by atoms with E-state index in [-0.39, 0.29) is 11.5 Å². The first-order valence-electron chi connectivity index (χ1n) is 5.91. The molecule has 0 unspecified atom stereocenters. The molecule has 0 aliphatic rings. The normalized spacial score (nSPS) is 11.3. The molecule has 6 heteroatoms. The first-order chi connectivity index (χ1) is 9.42. The van der Waals surface area contributed by atoms with Gasteiger partial charge in [-0.25, -0.2) is 8.42 Å². The molecule has 106 valence electrons. The van der Waals surface area contributed by atoms with Crippen LogP contribution in [0.15, 0.2) is 51.8 Å². The van der Waals surface area contributed by atoms with Crippen molar-refractivity contribution in [3.05, 3.63) is 58.1 Å². The molecule has 0 saturated carbocycles. The number of hydrogen-bond acceptors (Lipinski definition) is 3. The highest BCUT2D eigenvalue weighted by molar-refractivity contribution is 9.10. The summed E-state index contributed by atoms with van der Waals surface area (Å²) in [4.78, 5) is 0.132. The summed E-state index contributed by atoms with van der Waals surface area (Å²) in [5.74, 6) is 0. The van der Waals surface area contributed by atoms with Gasteiger partial charge in [0.2, 0.25) is 0 Å². The highest BCUT2D eigenvalue weighted by atomic mass is 79.9. The fourth-order valence-corrected chi connectivity index (χ4v) is 3.25. The number of hydrogen-bond donors (Lipinski definition) is 2. The van der Waals surface area contributed by atoms with Crippen molar-refractivity contribution in [2.24, 2.45) is 0 Å². The fraction of sp³-hybridized carbons (Fsp3) is 0.143. The molecule has 20 heavy (non-hydrogen) atoms. The van der Waals surface area contributed by atoms with Crippen molar-refractivity contribution in [1.82, 2.24) is 0 Å². The van der Waals surface area contributed by atoms with Crippen molar-refractivity contribution in [2.45, 2.75) is 18.4 Å². The Labute approximate surface area is 126 Å². The second kappa shape index (κ2) is 5.95. The molecule has 0 radical (unpaired) electrons. The largest absolute Gasteiger partial charge is 0.392 e. The molecular formula is C14H14BrNO3S. The maximum Gasteiger partial charge on any atom is 0.261 e. The molecule has 0 bridgehead atoms. The molecule has 2 aromatic carbocycles. The van der Waals surface area contributed by atoms with Gasteiger partial charge in [-0.15, -0.1) is 0 Å². The number of aliphatic hydroxyl groups is 1. The van der Waals surface area contributed by atoms with Crippen molar-refractivity contribution in [3.8, 4) is 0 Å². The summed E-state index contributed by atoms with van der Waals surface area (Å²) >= 11 is 3.29. The third kappa shape index (κ3) is 3.39. The highest BCUT2D eigenvalue weighted by Gasteiger charge is 2.15. The van der Waals surface area contributed by atoms with E-state index in [0.29, 0.717) is 11.3 Å². The van der Waals surface area contributed by atoms with Crippen LogP contribution in [0.25, 0.3) is 0 Å². The molecule has 0 amide bonds. The molecule has 0 spiro atoms. The monoisotopic (exact) mass is 355 g/mol. The predicted molar refractivity (Wildman–Crippen MR) is 82.1 cm³/mol. The third-order valence-electron chi connectivity index (χ3n) is 2.88. The van der Waals surface area contributed by atoms with Gasteiger partial charge in [-0.05, 0) is 48.4 Å². The Hall–Kier alpha value is -1.37. The summed E-state index contributed by atoms with van der Waals surface area (Å²) in [6.07, 6.45) is 0. The predicted octanol–water partition coefficient (Wildman–Crippen LogP) is 3.05. The van der Waals surface area contributed by atoms with Crippen LogP contribution in [0.2, 0.25) is 0 Å². The molecule has 2 N–H and O–H groups in total. The molecule has 0 aromatic heterocycles. The lowest BCUT2D eigenvalue weighted by atomic mass is 10.1. The molecule has 2 rings (SSSR count). The first kappa shape index (κ1) is 15.0. The van der Waals surface area contributed by atoms with Crippen LogP contribution in [-0.4, -0.2) is 13.5 Å². The van der Waals surface area contributed by atoms with Crippen LogP contribution in [0.3, 0.4) is 0 Å². The Morgan fingerprint density at radius 3 is 2.60 bits per heavy atom. The van der Waals surface area contributed by atoms with Gasteiger partial charge in [0.1, 0.15) is 0 Å². The Balaban J connectivity index is 2.35. The lowest BCUT2D eigenvalue weighted by Gasteiger charge is -2.10. The van der Waals surface area contributed by atoms with Crippen molar-refractivity contribution in [2.75, 3.05) is 4.72 Å². The average Bonchev–Trinajstić information content (AvgIpc) is 2.38. The van der Waals surface area contributed by atoms with E-state index in [1.807, 2.05) is 13.0 Å². The second-order valence-corrected chi connectivity index (χ2v) is 6.96. The van der Waals surface area contributed by atoms with E-state index in [1.165, 1.54) is 12.1 Å². The molecule has 4 nitrogen and oxygen atoms in total. The topological polar surface area (TPSA) is 66.4 Å². The average molecular weight is 356 g/mol. The lowest BCUT2D eigenvalue weighted by molar-refractivity contribution is 0.281. The zero-order chi connectivity index (χ0) is 14.8. The van der Waals surface area contributed by atoms with Crippen LogP contribution in [0, 0.1) is 6.92 Å². The van der Waals surface area contributed by atoms with Crippen molar-refractivity contribution in [1.29, 1.82) is 0 Å². The van der Waals surface area contributed by atoms with Crippen LogP contribution >= 0.6 is 15.9 Å². The summed E-state index contributed by atoms with van der Waals surface area (Å²) in [5.41, 5.74) is 1.93. The third-order valence-corrected chi connectivity index (χ3v) is 4.75. The molecule has 0 saturated heterocycles. The molecule has 0 heterocycles. The van der Waals surface area contributed by atoms with E-state index < -0.39 is 10.0 Å². The Bertz CT molecular complexity index is 729. The Kier molecular flexibility index (Phi) is 4.47. The van der Waals surface area contributed by atoms with Crippen molar-refractivity contribution in [3.63, 3.8) is 0 Å². The van der Waals surface area contributed by atoms with Crippen LogP contribution in [-0.2, 0) is 16.6 Å². The van der Waals surface area contributed by atoms with E-state index in [0.717, 1.165) is 10.0 Å². The minimum Gasteiger partial charge on any atom is -0.392 e. The number of rotatable bonds is 4. The highest BCUT2D eigenvalue weighted by Crippen LogP contribution is 2.21. The molecular weight excluding hydrogens is 342 g/mol. The van der Waals surface area contributed by atoms with Crippen LogP contribution < -0.4 is 4.72 Å². The van der Waals surface area contributed by atoms with Gasteiger partial charge in [-0.3, -0.25) is 4.72 Å². The van der Waals surface area contributed by atoms with E-state index in [1.54, 1.807) is 24.3 Å². The van der Waals surface area contributed by atoms with Gasteiger partial charge in [0, 0.05) is 10.2 Å². The zero-order valence-electron chi connectivity index (χ0n) is 10.8. The zero-order valence-corrected chi connectivity index (χ0v) is 13.2. The molecule has 2 aromatic rings. The summed E-state index contributed by atoms with van der Waals surface area (Å²) in [7, 11) is -3.66. The number of anilines is 1. The molecule has 0 aliphatic carbocycles. The van der Waals surface area contributed by atoms with E-state index in [2.05, 4.69) is 20.7 Å². The number of sulfonamides is 1. The van der Waals surface area contributed by atoms with Gasteiger partial charge >= 0.3 is 0 Å². The van der Waals surface area contributed by atoms with Gasteiger partial charge < -0.3 is 5.11 Å². The van der Waals surface area contributed by atoms with Crippen LogP contribution in [0.5, 0.6) is 0 Å². The summed E-state index contributed by atoms with van der Waals surface area (Å²) in [5, 5.41) is 9.21. The van der Waals surface area contributed by atoms with Gasteiger partial charge in [-0.1, -0.05) is 28.1 Å². The maximum atomic E-state index is 12.3. The van der Waals surface area contributed by atoms with Gasteiger partial charge in [0.25, 0.3) is 10.0 Å². The molecule has 0 atom stereocenters. The minimum atomic E-state index is -3.66. The maximum absolute atomic E-state index is 12.3. The quantitative estimate of drug-likeness (QED) is 0.885. The first-order valence-corrected chi connectivity index (χ1v) is 8.19.